The van der Waals surface area contributed by atoms with E-state index in [1.165, 1.54) is 7.11 Å². The highest BCUT2D eigenvalue weighted by Gasteiger charge is 2.18. The number of methoxy groups -OCH3 is 1. The van der Waals surface area contributed by atoms with Crippen LogP contribution in [-0.4, -0.2) is 43.4 Å². The van der Waals surface area contributed by atoms with Crippen molar-refractivity contribution in [2.75, 3.05) is 27.1 Å². The third-order valence-corrected chi connectivity index (χ3v) is 2.52. The number of benzene rings is 1. The molecule has 0 radical (unpaired) electrons. The zero-order valence-electron chi connectivity index (χ0n) is 10.1. The van der Waals surface area contributed by atoms with Crippen LogP contribution in [0.5, 0.6) is 17.2 Å². The molecule has 0 amide bonds. The van der Waals surface area contributed by atoms with Crippen LogP contribution in [0.15, 0.2) is 12.1 Å². The number of aliphatic hydroxyl groups excluding tert-OH is 2. The molecular formula is C12H16O6. The van der Waals surface area contributed by atoms with Crippen molar-refractivity contribution >= 4 is 0 Å². The topological polar surface area (TPSA) is 77.4 Å². The van der Waals surface area contributed by atoms with Crippen molar-refractivity contribution in [2.24, 2.45) is 0 Å². The molecule has 100 valence electrons. The number of ether oxygens (including phenoxy) is 4. The molecule has 1 aliphatic heterocycles. The number of rotatable bonds is 6. The fraction of sp³-hybridized carbons (Fsp3) is 0.500. The first-order valence-corrected chi connectivity index (χ1v) is 5.57. The average molecular weight is 256 g/mol. The quantitative estimate of drug-likeness (QED) is 0.762. The minimum Gasteiger partial charge on any atom is -0.490 e. The molecule has 0 aliphatic carbocycles. The van der Waals surface area contributed by atoms with E-state index >= 15 is 0 Å². The fourth-order valence-corrected chi connectivity index (χ4v) is 1.65. The Morgan fingerprint density at radius 3 is 2.67 bits per heavy atom. The molecule has 1 unspecified atom stereocenters. The van der Waals surface area contributed by atoms with Crippen LogP contribution in [-0.2, 0) is 11.3 Å². The smallest absolute Gasteiger partial charge is 0.231 e. The summed E-state index contributed by atoms with van der Waals surface area (Å²) >= 11 is 0. The van der Waals surface area contributed by atoms with Gasteiger partial charge in [0, 0.05) is 18.7 Å². The molecule has 1 heterocycles. The highest BCUT2D eigenvalue weighted by atomic mass is 16.7. The van der Waals surface area contributed by atoms with Crippen molar-refractivity contribution in [3.05, 3.63) is 17.7 Å². The lowest BCUT2D eigenvalue weighted by atomic mass is 10.2. The van der Waals surface area contributed by atoms with Gasteiger partial charge in [0.05, 0.1) is 13.2 Å². The number of hydrogen-bond donors (Lipinski definition) is 2. The Morgan fingerprint density at radius 1 is 1.28 bits per heavy atom. The van der Waals surface area contributed by atoms with E-state index in [1.54, 1.807) is 12.1 Å². The van der Waals surface area contributed by atoms with E-state index in [4.69, 9.17) is 18.9 Å². The molecule has 0 saturated heterocycles. The summed E-state index contributed by atoms with van der Waals surface area (Å²) in [5.41, 5.74) is 0.587. The Labute approximate surface area is 105 Å². The van der Waals surface area contributed by atoms with E-state index in [0.29, 0.717) is 22.8 Å². The molecule has 0 fully saturated rings. The van der Waals surface area contributed by atoms with Crippen LogP contribution in [0.3, 0.4) is 0 Å². The normalized spacial score (nSPS) is 14.6. The molecule has 6 heteroatoms. The second-order valence-corrected chi connectivity index (χ2v) is 3.89. The van der Waals surface area contributed by atoms with Crippen molar-refractivity contribution in [1.29, 1.82) is 0 Å². The number of fused-ring (bicyclic) bond motifs is 1. The van der Waals surface area contributed by atoms with Crippen LogP contribution in [0.4, 0.5) is 0 Å². The molecule has 0 saturated carbocycles. The predicted octanol–water partition coefficient (Wildman–Crippen LogP) is 0.294. The molecule has 6 nitrogen and oxygen atoms in total. The van der Waals surface area contributed by atoms with Gasteiger partial charge in [-0.1, -0.05) is 0 Å². The summed E-state index contributed by atoms with van der Waals surface area (Å²) in [6, 6.07) is 3.31. The monoisotopic (exact) mass is 256 g/mol. The highest BCUT2D eigenvalue weighted by molar-refractivity contribution is 5.51. The van der Waals surface area contributed by atoms with Gasteiger partial charge in [0.2, 0.25) is 6.79 Å². The summed E-state index contributed by atoms with van der Waals surface area (Å²) < 4.78 is 20.7. The lowest BCUT2D eigenvalue weighted by Crippen LogP contribution is -2.22. The Bertz CT molecular complexity index is 406. The zero-order valence-corrected chi connectivity index (χ0v) is 10.1. The molecule has 18 heavy (non-hydrogen) atoms. The third-order valence-electron chi connectivity index (χ3n) is 2.52. The van der Waals surface area contributed by atoms with Gasteiger partial charge in [0.1, 0.15) is 18.5 Å². The van der Waals surface area contributed by atoms with E-state index < -0.39 is 6.10 Å². The molecule has 0 bridgehead atoms. The number of aliphatic hydroxyl groups is 2. The lowest BCUT2D eigenvalue weighted by Gasteiger charge is -2.14. The van der Waals surface area contributed by atoms with E-state index in [1.807, 2.05) is 0 Å². The van der Waals surface area contributed by atoms with Gasteiger partial charge in [0.25, 0.3) is 0 Å². The largest absolute Gasteiger partial charge is 0.490 e. The minimum atomic E-state index is -0.716. The Kier molecular flexibility index (Phi) is 4.24. The molecule has 1 aliphatic rings. The van der Waals surface area contributed by atoms with Crippen LogP contribution in [0.25, 0.3) is 0 Å². The highest BCUT2D eigenvalue weighted by Crippen LogP contribution is 2.38. The van der Waals surface area contributed by atoms with Crippen LogP contribution < -0.4 is 14.2 Å². The van der Waals surface area contributed by atoms with Crippen molar-refractivity contribution in [2.45, 2.75) is 12.7 Å². The van der Waals surface area contributed by atoms with Gasteiger partial charge < -0.3 is 29.2 Å². The number of hydrogen-bond acceptors (Lipinski definition) is 6. The van der Waals surface area contributed by atoms with Crippen molar-refractivity contribution in [1.82, 2.24) is 0 Å². The Morgan fingerprint density at radius 2 is 2.00 bits per heavy atom. The molecule has 1 aromatic carbocycles. The van der Waals surface area contributed by atoms with Gasteiger partial charge >= 0.3 is 0 Å². The maximum Gasteiger partial charge on any atom is 0.231 e. The predicted molar refractivity (Wildman–Crippen MR) is 61.9 cm³/mol. The van der Waals surface area contributed by atoms with Gasteiger partial charge in [-0.05, 0) is 6.07 Å². The molecule has 2 N–H and O–H groups in total. The standard InChI is InChI=1S/C12H16O6/c1-15-5-9(14)6-16-10-3-12-11(17-7-18-12)2-8(10)4-13/h2-3,9,13-14H,4-7H2,1H3. The van der Waals surface area contributed by atoms with Crippen molar-refractivity contribution in [3.63, 3.8) is 0 Å². The summed E-state index contributed by atoms with van der Waals surface area (Å²) in [7, 11) is 1.50. The van der Waals surface area contributed by atoms with Crippen molar-refractivity contribution < 1.29 is 29.2 Å². The molecule has 1 atom stereocenters. The molecular weight excluding hydrogens is 240 g/mol. The maximum absolute atomic E-state index is 9.50. The molecule has 0 aromatic heterocycles. The molecule has 0 spiro atoms. The zero-order chi connectivity index (χ0) is 13.0. The Balaban J connectivity index is 2.07. The van der Waals surface area contributed by atoms with Gasteiger partial charge in [0.15, 0.2) is 11.5 Å². The van der Waals surface area contributed by atoms with E-state index in [0.717, 1.165) is 0 Å². The summed E-state index contributed by atoms with van der Waals surface area (Å²) in [4.78, 5) is 0. The first-order chi connectivity index (χ1) is 8.74. The first-order valence-electron chi connectivity index (χ1n) is 5.57. The summed E-state index contributed by atoms with van der Waals surface area (Å²) in [6.45, 7) is 0.266. The van der Waals surface area contributed by atoms with E-state index in [2.05, 4.69) is 0 Å². The van der Waals surface area contributed by atoms with Crippen LogP contribution in [0.1, 0.15) is 5.56 Å². The second kappa shape index (κ2) is 5.90. The summed E-state index contributed by atoms with van der Waals surface area (Å²) in [6.07, 6.45) is -0.716. The molecule has 2 rings (SSSR count). The fourth-order valence-electron chi connectivity index (χ4n) is 1.65. The van der Waals surface area contributed by atoms with E-state index in [-0.39, 0.29) is 26.6 Å². The van der Waals surface area contributed by atoms with Crippen LogP contribution in [0, 0.1) is 0 Å². The second-order valence-electron chi connectivity index (χ2n) is 3.89. The average Bonchev–Trinajstić information content (AvgIpc) is 2.82. The van der Waals surface area contributed by atoms with Crippen LogP contribution >= 0.6 is 0 Å². The van der Waals surface area contributed by atoms with Crippen LogP contribution in [0.2, 0.25) is 0 Å². The minimum absolute atomic E-state index is 0.0838. The van der Waals surface area contributed by atoms with Crippen molar-refractivity contribution in [3.8, 4) is 17.2 Å². The van der Waals surface area contributed by atoms with Gasteiger partial charge in [-0.2, -0.15) is 0 Å². The van der Waals surface area contributed by atoms with Gasteiger partial charge in [-0.3, -0.25) is 0 Å². The van der Waals surface area contributed by atoms with Gasteiger partial charge in [-0.15, -0.1) is 0 Å². The van der Waals surface area contributed by atoms with E-state index in [9.17, 15) is 10.2 Å². The maximum atomic E-state index is 9.50. The first kappa shape index (κ1) is 12.9. The van der Waals surface area contributed by atoms with Gasteiger partial charge in [-0.25, -0.2) is 0 Å². The lowest BCUT2D eigenvalue weighted by molar-refractivity contribution is 0.0320. The molecule has 1 aromatic rings. The Hall–Kier alpha value is -1.50. The summed E-state index contributed by atoms with van der Waals surface area (Å²) in [5, 5.41) is 18.8. The third kappa shape index (κ3) is 2.84. The summed E-state index contributed by atoms with van der Waals surface area (Å²) in [5.74, 6) is 1.63. The SMILES string of the molecule is COCC(O)COc1cc2c(cc1CO)OCO2.